The van der Waals surface area contributed by atoms with Gasteiger partial charge in [0.15, 0.2) is 0 Å². The minimum Gasteiger partial charge on any atom is -0.356 e. The number of carbonyl (C=O) groups is 1. The smallest absolute Gasteiger partial charge is 0.220 e. The number of hydrogen-bond acceptors (Lipinski definition) is 3. The molecule has 2 aromatic rings. The average Bonchev–Trinajstić information content (AvgIpc) is 2.95. The second kappa shape index (κ2) is 7.88. The highest BCUT2D eigenvalue weighted by Crippen LogP contribution is 2.24. The monoisotopic (exact) mass is 306 g/mol. The highest BCUT2D eigenvalue weighted by atomic mass is 32.1. The van der Waals surface area contributed by atoms with Crippen molar-refractivity contribution in [1.29, 1.82) is 0 Å². The fourth-order valence-electron chi connectivity index (χ4n) is 1.88. The third kappa shape index (κ3) is 4.93. The number of aromatic nitrogens is 1. The topological polar surface area (TPSA) is 42.0 Å². The van der Waals surface area contributed by atoms with Crippen LogP contribution in [0.1, 0.15) is 31.9 Å². The highest BCUT2D eigenvalue weighted by Gasteiger charge is 2.07. The van der Waals surface area contributed by atoms with Crippen molar-refractivity contribution >= 4 is 17.2 Å². The van der Waals surface area contributed by atoms with E-state index in [0.717, 1.165) is 35.7 Å². The maximum absolute atomic E-state index is 12.9. The van der Waals surface area contributed by atoms with Gasteiger partial charge in [-0.15, -0.1) is 11.3 Å². The molecule has 5 heteroatoms. The summed E-state index contributed by atoms with van der Waals surface area (Å²) in [5.74, 6) is -0.181. The Bertz CT molecular complexity index is 580. The van der Waals surface area contributed by atoms with E-state index < -0.39 is 0 Å². The van der Waals surface area contributed by atoms with Crippen molar-refractivity contribution in [2.75, 3.05) is 6.54 Å². The third-order valence-corrected chi connectivity index (χ3v) is 4.04. The van der Waals surface area contributed by atoms with Crippen molar-refractivity contribution in [3.8, 4) is 10.6 Å². The predicted molar refractivity (Wildman–Crippen MR) is 83.7 cm³/mol. The molecule has 1 N–H and O–H groups in total. The lowest BCUT2D eigenvalue weighted by atomic mass is 10.2. The fraction of sp³-hybridized carbons (Fsp3) is 0.375. The Morgan fingerprint density at radius 2 is 2.10 bits per heavy atom. The molecular weight excluding hydrogens is 287 g/mol. The van der Waals surface area contributed by atoms with Gasteiger partial charge in [0, 0.05) is 23.9 Å². The fourth-order valence-corrected chi connectivity index (χ4v) is 2.74. The van der Waals surface area contributed by atoms with Crippen LogP contribution in [0.5, 0.6) is 0 Å². The number of benzene rings is 1. The zero-order valence-electron chi connectivity index (χ0n) is 12.1. The molecule has 1 aromatic heterocycles. The van der Waals surface area contributed by atoms with Crippen molar-refractivity contribution in [2.24, 2.45) is 0 Å². The minimum absolute atomic E-state index is 0.0692. The van der Waals surface area contributed by atoms with E-state index in [1.807, 2.05) is 5.38 Å². The Morgan fingerprint density at radius 3 is 2.81 bits per heavy atom. The molecule has 1 heterocycles. The van der Waals surface area contributed by atoms with Gasteiger partial charge in [0.2, 0.25) is 5.91 Å². The summed E-state index contributed by atoms with van der Waals surface area (Å²) in [5.41, 5.74) is 1.81. The molecule has 0 saturated carbocycles. The number of hydrogen-bond donors (Lipinski definition) is 1. The Morgan fingerprint density at radius 1 is 1.33 bits per heavy atom. The first kappa shape index (κ1) is 15.6. The molecule has 0 atom stereocenters. The summed E-state index contributed by atoms with van der Waals surface area (Å²) in [7, 11) is 0. The van der Waals surface area contributed by atoms with Gasteiger partial charge in [-0.3, -0.25) is 4.79 Å². The Balaban J connectivity index is 1.86. The van der Waals surface area contributed by atoms with Crippen molar-refractivity contribution in [3.63, 3.8) is 0 Å². The van der Waals surface area contributed by atoms with Crippen molar-refractivity contribution in [2.45, 2.75) is 32.6 Å². The predicted octanol–water partition coefficient (Wildman–Crippen LogP) is 3.80. The zero-order chi connectivity index (χ0) is 15.1. The van der Waals surface area contributed by atoms with Gasteiger partial charge in [-0.25, -0.2) is 9.37 Å². The molecule has 0 fully saturated rings. The Hall–Kier alpha value is -1.75. The van der Waals surface area contributed by atoms with Crippen LogP contribution < -0.4 is 5.32 Å². The van der Waals surface area contributed by atoms with Gasteiger partial charge in [0.05, 0.1) is 5.69 Å². The van der Waals surface area contributed by atoms with Gasteiger partial charge in [-0.05, 0) is 37.1 Å². The lowest BCUT2D eigenvalue weighted by molar-refractivity contribution is -0.121. The summed E-state index contributed by atoms with van der Waals surface area (Å²) in [5, 5.41) is 5.71. The lowest BCUT2D eigenvalue weighted by Gasteiger charge is -2.02. The molecule has 0 unspecified atom stereocenters. The highest BCUT2D eigenvalue weighted by molar-refractivity contribution is 7.13. The maximum Gasteiger partial charge on any atom is 0.220 e. The molecule has 0 aliphatic rings. The largest absolute Gasteiger partial charge is 0.356 e. The van der Waals surface area contributed by atoms with Gasteiger partial charge in [0.1, 0.15) is 10.8 Å². The van der Waals surface area contributed by atoms with E-state index in [2.05, 4.69) is 17.2 Å². The van der Waals surface area contributed by atoms with Gasteiger partial charge in [-0.1, -0.05) is 13.3 Å². The van der Waals surface area contributed by atoms with Crippen LogP contribution in [0.4, 0.5) is 4.39 Å². The van der Waals surface area contributed by atoms with Gasteiger partial charge < -0.3 is 5.32 Å². The summed E-state index contributed by atoms with van der Waals surface area (Å²) in [4.78, 5) is 16.1. The average molecular weight is 306 g/mol. The van der Waals surface area contributed by atoms with Gasteiger partial charge in [-0.2, -0.15) is 0 Å². The summed E-state index contributed by atoms with van der Waals surface area (Å²) >= 11 is 1.52. The lowest BCUT2D eigenvalue weighted by Crippen LogP contribution is -2.24. The van der Waals surface area contributed by atoms with Crippen LogP contribution in [-0.4, -0.2) is 17.4 Å². The molecule has 0 spiro atoms. The molecule has 0 aliphatic carbocycles. The number of carbonyl (C=O) groups excluding carboxylic acids is 1. The first-order valence-corrected chi connectivity index (χ1v) is 8.04. The van der Waals surface area contributed by atoms with Crippen LogP contribution in [0.3, 0.4) is 0 Å². The number of rotatable bonds is 7. The summed E-state index contributed by atoms with van der Waals surface area (Å²) in [6.07, 6.45) is 3.18. The van der Waals surface area contributed by atoms with Crippen molar-refractivity contribution in [3.05, 3.63) is 41.2 Å². The maximum atomic E-state index is 12.9. The van der Waals surface area contributed by atoms with E-state index in [0.29, 0.717) is 12.8 Å². The molecule has 3 nitrogen and oxygen atoms in total. The van der Waals surface area contributed by atoms with E-state index in [1.165, 1.54) is 23.5 Å². The normalized spacial score (nSPS) is 10.6. The summed E-state index contributed by atoms with van der Waals surface area (Å²) < 4.78 is 12.9. The van der Waals surface area contributed by atoms with Crippen LogP contribution in [0.2, 0.25) is 0 Å². The van der Waals surface area contributed by atoms with E-state index >= 15 is 0 Å². The van der Waals surface area contributed by atoms with E-state index in [-0.39, 0.29) is 11.7 Å². The second-order valence-corrected chi connectivity index (χ2v) is 5.71. The summed E-state index contributed by atoms with van der Waals surface area (Å²) in [6, 6.07) is 6.29. The van der Waals surface area contributed by atoms with E-state index in [1.54, 1.807) is 12.1 Å². The molecule has 2 rings (SSSR count). The third-order valence-electron chi connectivity index (χ3n) is 3.10. The number of unbranched alkanes of at least 4 members (excludes halogenated alkanes) is 1. The summed E-state index contributed by atoms with van der Waals surface area (Å²) in [6.45, 7) is 2.84. The number of aryl methyl sites for hydroxylation is 1. The Kier molecular flexibility index (Phi) is 5.87. The van der Waals surface area contributed by atoms with E-state index in [4.69, 9.17) is 0 Å². The van der Waals surface area contributed by atoms with Crippen LogP contribution in [0.15, 0.2) is 29.6 Å². The number of nitrogens with zero attached hydrogens (tertiary/aromatic N) is 1. The Labute approximate surface area is 128 Å². The second-order valence-electron chi connectivity index (χ2n) is 4.85. The molecule has 0 radical (unpaired) electrons. The molecule has 1 aromatic carbocycles. The van der Waals surface area contributed by atoms with Crippen LogP contribution in [0, 0.1) is 5.82 Å². The number of thiazole rings is 1. The zero-order valence-corrected chi connectivity index (χ0v) is 12.9. The quantitative estimate of drug-likeness (QED) is 0.791. The van der Waals surface area contributed by atoms with Gasteiger partial charge in [0.25, 0.3) is 0 Å². The van der Waals surface area contributed by atoms with Gasteiger partial charge >= 0.3 is 0 Å². The first-order valence-electron chi connectivity index (χ1n) is 7.16. The molecule has 0 saturated heterocycles. The molecule has 0 bridgehead atoms. The number of halogens is 1. The van der Waals surface area contributed by atoms with Crippen molar-refractivity contribution < 1.29 is 9.18 Å². The van der Waals surface area contributed by atoms with Crippen LogP contribution in [-0.2, 0) is 11.2 Å². The molecule has 21 heavy (non-hydrogen) atoms. The SMILES string of the molecule is CCCCNC(=O)CCc1csc(-c2ccc(F)cc2)n1. The molecular formula is C16H19FN2OS. The standard InChI is InChI=1S/C16H19FN2OS/c1-2-3-10-18-15(20)9-8-14-11-21-16(19-14)12-4-6-13(17)7-5-12/h4-7,11H,2-3,8-10H2,1H3,(H,18,20). The van der Waals surface area contributed by atoms with Crippen LogP contribution in [0.25, 0.3) is 10.6 Å². The van der Waals surface area contributed by atoms with E-state index in [9.17, 15) is 9.18 Å². The molecule has 112 valence electrons. The number of amides is 1. The molecule has 0 aliphatic heterocycles. The number of nitrogens with one attached hydrogen (secondary N) is 1. The minimum atomic E-state index is -0.251. The first-order chi connectivity index (χ1) is 10.2. The van der Waals surface area contributed by atoms with Crippen molar-refractivity contribution in [1.82, 2.24) is 10.3 Å². The van der Waals surface area contributed by atoms with Crippen LogP contribution >= 0.6 is 11.3 Å². The molecule has 1 amide bonds.